The highest BCUT2D eigenvalue weighted by molar-refractivity contribution is 6.06. The predicted octanol–water partition coefficient (Wildman–Crippen LogP) is 2.91. The van der Waals surface area contributed by atoms with Gasteiger partial charge in [0.2, 0.25) is 5.95 Å². The second-order valence-corrected chi connectivity index (χ2v) is 6.01. The number of nitrogens with zero attached hydrogens (tertiary/aromatic N) is 3. The first-order chi connectivity index (χ1) is 12.6. The van der Waals surface area contributed by atoms with Gasteiger partial charge in [-0.2, -0.15) is 10.1 Å². The molecular formula is C19H17N5O2. The highest BCUT2D eigenvalue weighted by Crippen LogP contribution is 2.36. The molecule has 1 aliphatic rings. The van der Waals surface area contributed by atoms with Gasteiger partial charge in [-0.05, 0) is 36.8 Å². The van der Waals surface area contributed by atoms with Crippen LogP contribution in [0, 0.1) is 0 Å². The maximum atomic E-state index is 13.0. The second kappa shape index (κ2) is 6.36. The number of anilines is 2. The molecule has 0 bridgehead atoms. The van der Waals surface area contributed by atoms with E-state index in [9.17, 15) is 9.90 Å². The standard InChI is InChI=1S/C19H17N5O2/c1-12-16(18(26)23-14-7-3-2-4-8-14)17(13-6-5-9-15(25)10-13)24-19(22-12)20-11-21-24/h2-11,17,25H,1H3,(H,23,26)(H,20,21,22)/t17-/m0/s1. The smallest absolute Gasteiger partial charge is 0.255 e. The summed E-state index contributed by atoms with van der Waals surface area (Å²) in [5.41, 5.74) is 2.65. The van der Waals surface area contributed by atoms with Crippen molar-refractivity contribution >= 4 is 17.5 Å². The summed E-state index contributed by atoms with van der Waals surface area (Å²) < 4.78 is 1.64. The molecule has 1 aromatic heterocycles. The van der Waals surface area contributed by atoms with E-state index >= 15 is 0 Å². The first-order valence-corrected chi connectivity index (χ1v) is 8.16. The number of rotatable bonds is 3. The van der Waals surface area contributed by atoms with Crippen LogP contribution in [0.2, 0.25) is 0 Å². The Morgan fingerprint density at radius 3 is 2.77 bits per heavy atom. The van der Waals surface area contributed by atoms with Crippen LogP contribution >= 0.6 is 0 Å². The molecule has 26 heavy (non-hydrogen) atoms. The second-order valence-electron chi connectivity index (χ2n) is 6.01. The largest absolute Gasteiger partial charge is 0.508 e. The van der Waals surface area contributed by atoms with E-state index in [0.717, 1.165) is 5.56 Å². The Morgan fingerprint density at radius 1 is 1.19 bits per heavy atom. The first-order valence-electron chi connectivity index (χ1n) is 8.16. The molecule has 2 heterocycles. The molecule has 0 aliphatic carbocycles. The van der Waals surface area contributed by atoms with Crippen LogP contribution in [0.15, 0.2) is 72.2 Å². The van der Waals surface area contributed by atoms with Gasteiger partial charge >= 0.3 is 0 Å². The van der Waals surface area contributed by atoms with Crippen molar-refractivity contribution in [2.24, 2.45) is 0 Å². The van der Waals surface area contributed by atoms with Gasteiger partial charge in [0.15, 0.2) is 0 Å². The molecule has 1 aliphatic heterocycles. The molecule has 1 atom stereocenters. The Kier molecular flexibility index (Phi) is 3.89. The van der Waals surface area contributed by atoms with Crippen LogP contribution in [0.5, 0.6) is 5.75 Å². The molecule has 3 N–H and O–H groups in total. The topological polar surface area (TPSA) is 92.1 Å². The third-order valence-corrected chi connectivity index (χ3v) is 4.26. The number of amides is 1. The zero-order valence-corrected chi connectivity index (χ0v) is 14.0. The Labute approximate surface area is 150 Å². The van der Waals surface area contributed by atoms with Gasteiger partial charge in [0.25, 0.3) is 5.91 Å². The molecule has 0 saturated heterocycles. The van der Waals surface area contributed by atoms with E-state index in [0.29, 0.717) is 22.9 Å². The molecule has 0 fully saturated rings. The Bertz CT molecular complexity index is 994. The number of allylic oxidation sites excluding steroid dienone is 1. The Hall–Kier alpha value is -3.61. The van der Waals surface area contributed by atoms with E-state index in [1.54, 1.807) is 22.9 Å². The van der Waals surface area contributed by atoms with Crippen molar-refractivity contribution in [1.82, 2.24) is 14.8 Å². The average molecular weight is 347 g/mol. The molecule has 0 radical (unpaired) electrons. The fraction of sp³-hybridized carbons (Fsp3) is 0.105. The molecular weight excluding hydrogens is 330 g/mol. The molecule has 7 nitrogen and oxygen atoms in total. The maximum Gasteiger partial charge on any atom is 0.255 e. The van der Waals surface area contributed by atoms with E-state index in [1.165, 1.54) is 6.33 Å². The molecule has 130 valence electrons. The normalized spacial score (nSPS) is 16.0. The van der Waals surface area contributed by atoms with Gasteiger partial charge in [-0.15, -0.1) is 0 Å². The van der Waals surface area contributed by atoms with Crippen molar-refractivity contribution in [3.63, 3.8) is 0 Å². The minimum atomic E-state index is -0.496. The summed E-state index contributed by atoms with van der Waals surface area (Å²) in [5.74, 6) is 0.436. The summed E-state index contributed by atoms with van der Waals surface area (Å²) in [5, 5.41) is 20.2. The van der Waals surface area contributed by atoms with Crippen molar-refractivity contribution in [2.75, 3.05) is 10.6 Å². The molecule has 1 amide bonds. The third-order valence-electron chi connectivity index (χ3n) is 4.26. The Morgan fingerprint density at radius 2 is 2.00 bits per heavy atom. The van der Waals surface area contributed by atoms with Gasteiger partial charge < -0.3 is 15.7 Å². The zero-order valence-electron chi connectivity index (χ0n) is 14.0. The molecule has 0 unspecified atom stereocenters. The summed E-state index contributed by atoms with van der Waals surface area (Å²) in [6, 6.07) is 15.6. The molecule has 3 aromatic rings. The summed E-state index contributed by atoms with van der Waals surface area (Å²) in [4.78, 5) is 17.2. The van der Waals surface area contributed by atoms with Gasteiger partial charge in [0.1, 0.15) is 18.1 Å². The third kappa shape index (κ3) is 2.79. The van der Waals surface area contributed by atoms with Crippen LogP contribution in [0.4, 0.5) is 11.6 Å². The van der Waals surface area contributed by atoms with Crippen LogP contribution in [-0.2, 0) is 4.79 Å². The number of phenolic OH excluding ortho intramolecular Hbond substituents is 1. The highest BCUT2D eigenvalue weighted by atomic mass is 16.3. The monoisotopic (exact) mass is 347 g/mol. The predicted molar refractivity (Wildman–Crippen MR) is 97.7 cm³/mol. The molecule has 0 spiro atoms. The van der Waals surface area contributed by atoms with Gasteiger partial charge in [-0.3, -0.25) is 4.79 Å². The van der Waals surface area contributed by atoms with Crippen LogP contribution < -0.4 is 10.6 Å². The number of carbonyl (C=O) groups is 1. The average Bonchev–Trinajstić information content (AvgIpc) is 3.09. The van der Waals surface area contributed by atoms with E-state index in [2.05, 4.69) is 20.7 Å². The van der Waals surface area contributed by atoms with Crippen molar-refractivity contribution in [1.29, 1.82) is 0 Å². The number of hydrogen-bond donors (Lipinski definition) is 3. The zero-order chi connectivity index (χ0) is 18.1. The van der Waals surface area contributed by atoms with Crippen molar-refractivity contribution < 1.29 is 9.90 Å². The van der Waals surface area contributed by atoms with Crippen LogP contribution in [0.1, 0.15) is 18.5 Å². The number of para-hydroxylation sites is 1. The summed E-state index contributed by atoms with van der Waals surface area (Å²) in [6.07, 6.45) is 1.43. The van der Waals surface area contributed by atoms with Gasteiger partial charge in [0.05, 0.1) is 5.57 Å². The summed E-state index contributed by atoms with van der Waals surface area (Å²) >= 11 is 0. The number of hydrogen-bond acceptors (Lipinski definition) is 5. The van der Waals surface area contributed by atoms with Crippen LogP contribution in [-0.4, -0.2) is 25.8 Å². The lowest BCUT2D eigenvalue weighted by atomic mass is 9.95. The minimum absolute atomic E-state index is 0.128. The van der Waals surface area contributed by atoms with Crippen molar-refractivity contribution in [2.45, 2.75) is 13.0 Å². The number of aromatic hydroxyl groups is 1. The lowest BCUT2D eigenvalue weighted by Crippen LogP contribution is -2.31. The number of aromatic nitrogens is 3. The number of carbonyl (C=O) groups excluding carboxylic acids is 1. The van der Waals surface area contributed by atoms with E-state index in [1.807, 2.05) is 43.3 Å². The highest BCUT2D eigenvalue weighted by Gasteiger charge is 2.33. The van der Waals surface area contributed by atoms with Gasteiger partial charge in [-0.1, -0.05) is 30.3 Å². The van der Waals surface area contributed by atoms with E-state index < -0.39 is 6.04 Å². The summed E-state index contributed by atoms with van der Waals surface area (Å²) in [6.45, 7) is 1.83. The lowest BCUT2D eigenvalue weighted by Gasteiger charge is -2.28. The number of benzene rings is 2. The van der Waals surface area contributed by atoms with Gasteiger partial charge in [0, 0.05) is 11.4 Å². The number of nitrogens with one attached hydrogen (secondary N) is 2. The molecule has 0 saturated carbocycles. The van der Waals surface area contributed by atoms with Crippen molar-refractivity contribution in [3.8, 4) is 5.75 Å². The SMILES string of the molecule is CC1=C(C(=O)Nc2ccccc2)[C@H](c2cccc(O)c2)n2ncnc2N1. The Balaban J connectivity index is 1.78. The maximum absolute atomic E-state index is 13.0. The minimum Gasteiger partial charge on any atom is -0.508 e. The van der Waals surface area contributed by atoms with Crippen LogP contribution in [0.25, 0.3) is 0 Å². The summed E-state index contributed by atoms with van der Waals surface area (Å²) in [7, 11) is 0. The van der Waals surface area contributed by atoms with Crippen molar-refractivity contribution in [3.05, 3.63) is 77.8 Å². The fourth-order valence-electron chi connectivity index (χ4n) is 3.11. The molecule has 7 heteroatoms. The van der Waals surface area contributed by atoms with Crippen LogP contribution in [0.3, 0.4) is 0 Å². The number of phenols is 1. The first kappa shape index (κ1) is 15.9. The van der Waals surface area contributed by atoms with E-state index in [4.69, 9.17) is 0 Å². The fourth-order valence-corrected chi connectivity index (χ4v) is 3.11. The lowest BCUT2D eigenvalue weighted by molar-refractivity contribution is -0.113. The number of fused-ring (bicyclic) bond motifs is 1. The van der Waals surface area contributed by atoms with E-state index in [-0.39, 0.29) is 11.7 Å². The quantitative estimate of drug-likeness (QED) is 0.677. The molecule has 2 aromatic carbocycles. The molecule has 4 rings (SSSR count). The van der Waals surface area contributed by atoms with Gasteiger partial charge in [-0.25, -0.2) is 4.68 Å².